The maximum atomic E-state index is 13.5. The molecule has 0 fully saturated rings. The molecule has 0 saturated carbocycles. The van der Waals surface area contributed by atoms with Crippen LogP contribution >= 0.6 is 0 Å². The molecule has 0 aromatic heterocycles. The Labute approximate surface area is 220 Å². The Morgan fingerprint density at radius 1 is 1.26 bits per heavy atom. The Kier molecular flexibility index (Phi) is 9.11. The lowest BCUT2D eigenvalue weighted by molar-refractivity contribution is -0.137. The molecule has 3 rings (SSSR count). The second-order valence-electron chi connectivity index (χ2n) is 9.33. The second-order valence-corrected chi connectivity index (χ2v) is 11.2. The van der Waals surface area contributed by atoms with E-state index in [0.717, 1.165) is 17.7 Å². The van der Waals surface area contributed by atoms with Gasteiger partial charge in [-0.1, -0.05) is 25.1 Å². The van der Waals surface area contributed by atoms with Crippen LogP contribution in [0.5, 0.6) is 5.75 Å². The Hall–Kier alpha value is -3.09. The number of benzene rings is 2. The normalized spacial score (nSPS) is 20.6. The van der Waals surface area contributed by atoms with Crippen LogP contribution < -0.4 is 10.1 Å². The molecule has 0 bridgehead atoms. The van der Waals surface area contributed by atoms with Gasteiger partial charge in [-0.3, -0.25) is 0 Å². The zero-order valence-corrected chi connectivity index (χ0v) is 22.4. The van der Waals surface area contributed by atoms with Crippen molar-refractivity contribution in [2.24, 2.45) is 5.92 Å². The number of nitrogens with one attached hydrogen (secondary N) is 1. The predicted octanol–water partition coefficient (Wildman–Crippen LogP) is 4.67. The zero-order chi connectivity index (χ0) is 28.3. The topological polar surface area (TPSA) is 99.2 Å². The molecule has 3 atom stereocenters. The molecule has 2 aromatic carbocycles. The van der Waals surface area contributed by atoms with Crippen LogP contribution in [-0.2, 0) is 16.2 Å². The van der Waals surface area contributed by atoms with Crippen LogP contribution in [-0.4, -0.2) is 67.7 Å². The molecule has 0 aliphatic carbocycles. The number of hydrogen-bond donors (Lipinski definition) is 2. The molecule has 0 saturated heterocycles. The smallest absolute Gasteiger partial charge is 0.416 e. The number of nitrogens with zero attached hydrogens (tertiary/aromatic N) is 2. The summed E-state index contributed by atoms with van der Waals surface area (Å²) in [5, 5.41) is 12.3. The van der Waals surface area contributed by atoms with Gasteiger partial charge in [-0.25, -0.2) is 13.2 Å². The standard InChI is InChI=1S/C26H32F3N3O5S/c1-5-6-19-7-12-24-22(13-19)37-23(17(2)14-32(18(3)16-33)38(24,35)36)15-31(4)25(34)30-21-10-8-20(9-11-21)26(27,28)29/h5-13,17-18,23,33H,14-16H2,1-4H3,(H,30,34)/b6-5+/t17-,18-,23-/m1/s1. The highest BCUT2D eigenvalue weighted by Crippen LogP contribution is 2.35. The van der Waals surface area contributed by atoms with Crippen LogP contribution in [0, 0.1) is 5.92 Å². The molecule has 208 valence electrons. The van der Waals surface area contributed by atoms with Crippen LogP contribution in [0.15, 0.2) is 53.4 Å². The van der Waals surface area contributed by atoms with Crippen LogP contribution in [0.1, 0.15) is 31.9 Å². The average Bonchev–Trinajstić information content (AvgIpc) is 2.85. The fraction of sp³-hybridized carbons (Fsp3) is 0.423. The van der Waals surface area contributed by atoms with Gasteiger partial charge in [0.1, 0.15) is 16.7 Å². The van der Waals surface area contributed by atoms with Gasteiger partial charge in [0.25, 0.3) is 0 Å². The van der Waals surface area contributed by atoms with E-state index in [4.69, 9.17) is 4.74 Å². The van der Waals surface area contributed by atoms with Crippen molar-refractivity contribution >= 4 is 27.8 Å². The number of anilines is 1. The Morgan fingerprint density at radius 2 is 1.92 bits per heavy atom. The first kappa shape index (κ1) is 29.5. The third-order valence-corrected chi connectivity index (χ3v) is 8.33. The number of hydrogen-bond acceptors (Lipinski definition) is 5. The van der Waals surface area contributed by atoms with Crippen molar-refractivity contribution in [3.8, 4) is 5.75 Å². The summed E-state index contributed by atoms with van der Waals surface area (Å²) in [5.41, 5.74) is 0.0913. The van der Waals surface area contributed by atoms with Crippen molar-refractivity contribution in [3.63, 3.8) is 0 Å². The highest BCUT2D eigenvalue weighted by atomic mass is 32.2. The Morgan fingerprint density at radius 3 is 2.50 bits per heavy atom. The molecule has 38 heavy (non-hydrogen) atoms. The molecule has 0 radical (unpaired) electrons. The fourth-order valence-corrected chi connectivity index (χ4v) is 5.90. The number of aliphatic hydroxyl groups excluding tert-OH is 1. The van der Waals surface area contributed by atoms with E-state index in [2.05, 4.69) is 5.32 Å². The van der Waals surface area contributed by atoms with Gasteiger partial charge in [-0.2, -0.15) is 17.5 Å². The van der Waals surface area contributed by atoms with Crippen LogP contribution in [0.3, 0.4) is 0 Å². The van der Waals surface area contributed by atoms with Crippen molar-refractivity contribution < 1.29 is 36.2 Å². The first-order chi connectivity index (χ1) is 17.8. The number of ether oxygens (including phenoxy) is 1. The lowest BCUT2D eigenvalue weighted by Gasteiger charge is -2.37. The van der Waals surface area contributed by atoms with Gasteiger partial charge >= 0.3 is 12.2 Å². The Balaban J connectivity index is 1.87. The molecule has 2 N–H and O–H groups in total. The SMILES string of the molecule is C/C=C/c1ccc2c(c1)O[C@H](CN(C)C(=O)Nc1ccc(C(F)(F)F)cc1)[C@H](C)CN([C@H](C)CO)S2(=O)=O. The lowest BCUT2D eigenvalue weighted by Crippen LogP contribution is -2.50. The van der Waals surface area contributed by atoms with Crippen molar-refractivity contribution in [1.82, 2.24) is 9.21 Å². The van der Waals surface area contributed by atoms with Crippen molar-refractivity contribution in [1.29, 1.82) is 0 Å². The highest BCUT2D eigenvalue weighted by Gasteiger charge is 2.38. The number of likely N-dealkylation sites (N-methyl/N-ethyl adjacent to an activating group) is 1. The number of carbonyl (C=O) groups is 1. The first-order valence-corrected chi connectivity index (χ1v) is 13.5. The number of halogens is 3. The van der Waals surface area contributed by atoms with Gasteiger partial charge in [0.15, 0.2) is 0 Å². The summed E-state index contributed by atoms with van der Waals surface area (Å²) in [6.07, 6.45) is -1.52. The van der Waals surface area contributed by atoms with Gasteiger partial charge < -0.3 is 20.1 Å². The molecule has 1 aliphatic rings. The number of aliphatic hydroxyl groups is 1. The van der Waals surface area contributed by atoms with Crippen LogP contribution in [0.25, 0.3) is 6.08 Å². The summed E-state index contributed by atoms with van der Waals surface area (Å²) in [5.74, 6) is -0.262. The van der Waals surface area contributed by atoms with Gasteiger partial charge in [0.05, 0.1) is 18.7 Å². The second kappa shape index (κ2) is 11.7. The third kappa shape index (κ3) is 6.66. The molecular weight excluding hydrogens is 523 g/mol. The summed E-state index contributed by atoms with van der Waals surface area (Å²) in [6.45, 7) is 4.95. The highest BCUT2D eigenvalue weighted by molar-refractivity contribution is 7.89. The molecule has 1 heterocycles. The van der Waals surface area contributed by atoms with Gasteiger partial charge in [0, 0.05) is 31.2 Å². The minimum absolute atomic E-state index is 0.0408. The van der Waals surface area contributed by atoms with E-state index in [1.165, 1.54) is 34.5 Å². The van der Waals surface area contributed by atoms with Gasteiger partial charge in [-0.05, 0) is 55.8 Å². The zero-order valence-electron chi connectivity index (χ0n) is 21.6. The minimum atomic E-state index is -4.48. The summed E-state index contributed by atoms with van der Waals surface area (Å²) in [6, 6.07) is 7.57. The average molecular weight is 556 g/mol. The molecule has 12 heteroatoms. The minimum Gasteiger partial charge on any atom is -0.487 e. The number of rotatable bonds is 6. The van der Waals surface area contributed by atoms with E-state index in [0.29, 0.717) is 0 Å². The number of alkyl halides is 3. The van der Waals surface area contributed by atoms with Crippen molar-refractivity contribution in [2.75, 3.05) is 32.1 Å². The van der Waals surface area contributed by atoms with Crippen molar-refractivity contribution in [3.05, 3.63) is 59.7 Å². The number of sulfonamides is 1. The number of fused-ring (bicyclic) bond motifs is 1. The molecule has 0 unspecified atom stereocenters. The van der Waals surface area contributed by atoms with Crippen molar-refractivity contribution in [2.45, 2.75) is 44.0 Å². The van der Waals surface area contributed by atoms with E-state index < -0.39 is 45.9 Å². The molecule has 0 spiro atoms. The third-order valence-electron chi connectivity index (χ3n) is 6.31. The lowest BCUT2D eigenvalue weighted by atomic mass is 10.0. The maximum Gasteiger partial charge on any atom is 0.416 e. The van der Waals surface area contributed by atoms with Gasteiger partial charge in [0.2, 0.25) is 10.0 Å². The number of amides is 2. The summed E-state index contributed by atoms with van der Waals surface area (Å²) in [7, 11) is -2.48. The largest absolute Gasteiger partial charge is 0.487 e. The molecule has 2 amide bonds. The number of carbonyl (C=O) groups excluding carboxylic acids is 1. The van der Waals surface area contributed by atoms with E-state index in [1.54, 1.807) is 38.1 Å². The van der Waals surface area contributed by atoms with Gasteiger partial charge in [-0.15, -0.1) is 0 Å². The monoisotopic (exact) mass is 555 g/mol. The summed E-state index contributed by atoms with van der Waals surface area (Å²) >= 11 is 0. The van der Waals surface area contributed by atoms with Crippen LogP contribution in [0.2, 0.25) is 0 Å². The van der Waals surface area contributed by atoms with E-state index in [9.17, 15) is 31.5 Å². The Bertz CT molecular complexity index is 1270. The maximum absolute atomic E-state index is 13.5. The van der Waals surface area contributed by atoms with E-state index in [-0.39, 0.29) is 36.0 Å². The quantitative estimate of drug-likeness (QED) is 0.540. The number of urea groups is 1. The molecular formula is C26H32F3N3O5S. The first-order valence-electron chi connectivity index (χ1n) is 12.0. The summed E-state index contributed by atoms with van der Waals surface area (Å²) < 4.78 is 72.9. The summed E-state index contributed by atoms with van der Waals surface area (Å²) in [4.78, 5) is 14.1. The fourth-order valence-electron chi connectivity index (χ4n) is 4.07. The van der Waals surface area contributed by atoms with E-state index in [1.807, 2.05) is 6.92 Å². The molecule has 1 aliphatic heterocycles. The number of allylic oxidation sites excluding steroid dienone is 1. The molecule has 2 aromatic rings. The van der Waals surface area contributed by atoms with Crippen LogP contribution in [0.4, 0.5) is 23.7 Å². The van der Waals surface area contributed by atoms with E-state index >= 15 is 0 Å². The molecule has 8 nitrogen and oxygen atoms in total. The predicted molar refractivity (Wildman–Crippen MR) is 138 cm³/mol.